The van der Waals surface area contributed by atoms with E-state index in [4.69, 9.17) is 0 Å². The standard InChI is InChI=1S/C20H35N3O/c1-8-23(9-2)18(17-13-11-10-12-14-17)19(24)21-16(3)20(4,5)15-22(6)7/h10-14,16,18H,8-9,15H2,1-7H3,(H,21,24). The number of hydrogen-bond donors (Lipinski definition) is 1. The summed E-state index contributed by atoms with van der Waals surface area (Å²) in [4.78, 5) is 17.5. The lowest BCUT2D eigenvalue weighted by molar-refractivity contribution is -0.128. The van der Waals surface area contributed by atoms with Crippen molar-refractivity contribution in [3.8, 4) is 0 Å². The maximum absolute atomic E-state index is 13.1. The molecule has 1 aromatic rings. The van der Waals surface area contributed by atoms with Crippen LogP contribution in [0.3, 0.4) is 0 Å². The van der Waals surface area contributed by atoms with E-state index in [9.17, 15) is 4.79 Å². The van der Waals surface area contributed by atoms with Crippen molar-refractivity contribution in [2.24, 2.45) is 5.41 Å². The van der Waals surface area contributed by atoms with Crippen LogP contribution in [-0.2, 0) is 4.79 Å². The van der Waals surface area contributed by atoms with Crippen LogP contribution >= 0.6 is 0 Å². The van der Waals surface area contributed by atoms with Crippen LogP contribution in [0.2, 0.25) is 0 Å². The van der Waals surface area contributed by atoms with Gasteiger partial charge in [0, 0.05) is 12.6 Å². The van der Waals surface area contributed by atoms with E-state index in [2.05, 4.69) is 63.8 Å². The smallest absolute Gasteiger partial charge is 0.242 e. The molecule has 2 atom stereocenters. The summed E-state index contributed by atoms with van der Waals surface area (Å²) in [6, 6.07) is 9.92. The number of carbonyl (C=O) groups is 1. The first kappa shape index (κ1) is 20.7. The molecule has 4 heteroatoms. The minimum absolute atomic E-state index is 0.00363. The van der Waals surface area contributed by atoms with E-state index >= 15 is 0 Å². The van der Waals surface area contributed by atoms with Gasteiger partial charge in [0.25, 0.3) is 0 Å². The zero-order valence-corrected chi connectivity index (χ0v) is 16.5. The minimum atomic E-state index is -0.237. The number of hydrogen-bond acceptors (Lipinski definition) is 3. The highest BCUT2D eigenvalue weighted by Crippen LogP contribution is 2.25. The second-order valence-electron chi connectivity index (χ2n) is 7.49. The highest BCUT2D eigenvalue weighted by molar-refractivity contribution is 5.83. The summed E-state index contributed by atoms with van der Waals surface area (Å²) in [7, 11) is 4.14. The molecule has 0 aromatic heterocycles. The molecule has 1 rings (SSSR count). The van der Waals surface area contributed by atoms with Crippen LogP contribution in [0, 0.1) is 5.41 Å². The fourth-order valence-corrected chi connectivity index (χ4v) is 3.19. The lowest BCUT2D eigenvalue weighted by Crippen LogP contribution is -2.50. The van der Waals surface area contributed by atoms with Crippen molar-refractivity contribution in [3.05, 3.63) is 35.9 Å². The van der Waals surface area contributed by atoms with Crippen LogP contribution < -0.4 is 5.32 Å². The van der Waals surface area contributed by atoms with Gasteiger partial charge in [0.15, 0.2) is 0 Å². The number of benzene rings is 1. The van der Waals surface area contributed by atoms with Crippen molar-refractivity contribution in [1.29, 1.82) is 0 Å². The highest BCUT2D eigenvalue weighted by Gasteiger charge is 2.32. The molecule has 0 aliphatic rings. The van der Waals surface area contributed by atoms with Gasteiger partial charge in [-0.1, -0.05) is 58.0 Å². The van der Waals surface area contributed by atoms with Gasteiger partial charge in [-0.2, -0.15) is 0 Å². The van der Waals surface area contributed by atoms with E-state index < -0.39 is 0 Å². The topological polar surface area (TPSA) is 35.6 Å². The Hall–Kier alpha value is -1.39. The average molecular weight is 334 g/mol. The zero-order chi connectivity index (χ0) is 18.3. The third-order valence-corrected chi connectivity index (χ3v) is 4.80. The second kappa shape index (κ2) is 9.19. The van der Waals surface area contributed by atoms with E-state index in [0.717, 1.165) is 25.2 Å². The van der Waals surface area contributed by atoms with Crippen molar-refractivity contribution in [1.82, 2.24) is 15.1 Å². The molecular weight excluding hydrogens is 298 g/mol. The zero-order valence-electron chi connectivity index (χ0n) is 16.5. The summed E-state index contributed by atoms with van der Waals surface area (Å²) in [5.41, 5.74) is 1.06. The van der Waals surface area contributed by atoms with Crippen LogP contribution in [0.25, 0.3) is 0 Å². The molecule has 1 aromatic carbocycles. The number of rotatable bonds is 9. The van der Waals surface area contributed by atoms with E-state index in [1.165, 1.54) is 0 Å². The Bertz CT molecular complexity index is 495. The van der Waals surface area contributed by atoms with Crippen molar-refractivity contribution in [2.45, 2.75) is 46.7 Å². The first-order valence-electron chi connectivity index (χ1n) is 8.97. The van der Waals surface area contributed by atoms with Gasteiger partial charge in [-0.25, -0.2) is 0 Å². The molecular formula is C20H35N3O. The van der Waals surface area contributed by atoms with Gasteiger partial charge in [0.2, 0.25) is 5.91 Å². The molecule has 1 amide bonds. The Balaban J connectivity index is 2.97. The van der Waals surface area contributed by atoms with Crippen LogP contribution in [-0.4, -0.2) is 55.5 Å². The Morgan fingerprint density at radius 3 is 2.12 bits per heavy atom. The van der Waals surface area contributed by atoms with E-state index in [0.29, 0.717) is 0 Å². The molecule has 2 unspecified atom stereocenters. The Morgan fingerprint density at radius 2 is 1.67 bits per heavy atom. The summed E-state index contributed by atoms with van der Waals surface area (Å²) >= 11 is 0. The number of amides is 1. The molecule has 24 heavy (non-hydrogen) atoms. The minimum Gasteiger partial charge on any atom is -0.351 e. The fraction of sp³-hybridized carbons (Fsp3) is 0.650. The molecule has 0 bridgehead atoms. The molecule has 0 saturated heterocycles. The van der Waals surface area contributed by atoms with Crippen LogP contribution in [0.15, 0.2) is 30.3 Å². The van der Waals surface area contributed by atoms with Crippen molar-refractivity contribution in [3.63, 3.8) is 0 Å². The summed E-state index contributed by atoms with van der Waals surface area (Å²) in [5, 5.41) is 3.27. The van der Waals surface area contributed by atoms with Gasteiger partial charge in [0.1, 0.15) is 6.04 Å². The van der Waals surface area contributed by atoms with Crippen molar-refractivity contribution in [2.75, 3.05) is 33.7 Å². The monoisotopic (exact) mass is 333 g/mol. The summed E-state index contributed by atoms with van der Waals surface area (Å²) in [5.74, 6) is 0.0873. The highest BCUT2D eigenvalue weighted by atomic mass is 16.2. The second-order valence-corrected chi connectivity index (χ2v) is 7.49. The number of likely N-dealkylation sites (N-methyl/N-ethyl adjacent to an activating group) is 1. The van der Waals surface area contributed by atoms with Gasteiger partial charge in [0.05, 0.1) is 0 Å². The Kier molecular flexibility index (Phi) is 7.91. The van der Waals surface area contributed by atoms with Crippen molar-refractivity contribution < 1.29 is 4.79 Å². The van der Waals surface area contributed by atoms with Gasteiger partial charge >= 0.3 is 0 Å². The van der Waals surface area contributed by atoms with Crippen LogP contribution in [0.4, 0.5) is 0 Å². The Morgan fingerprint density at radius 1 is 1.12 bits per heavy atom. The lowest BCUT2D eigenvalue weighted by atomic mass is 9.84. The summed E-state index contributed by atoms with van der Waals surface area (Å²) in [6.07, 6.45) is 0. The predicted octanol–water partition coefficient (Wildman–Crippen LogP) is 3.16. The maximum Gasteiger partial charge on any atom is 0.242 e. The predicted molar refractivity (Wildman–Crippen MR) is 102 cm³/mol. The van der Waals surface area contributed by atoms with Gasteiger partial charge in [-0.3, -0.25) is 9.69 Å². The molecule has 4 nitrogen and oxygen atoms in total. The molecule has 0 saturated carbocycles. The molecule has 136 valence electrons. The normalized spacial score (nSPS) is 14.7. The van der Waals surface area contributed by atoms with Crippen LogP contribution in [0.1, 0.15) is 46.2 Å². The first-order chi connectivity index (χ1) is 11.2. The number of carbonyl (C=O) groups excluding carboxylic acids is 1. The molecule has 1 N–H and O–H groups in total. The summed E-state index contributed by atoms with van der Waals surface area (Å²) in [6.45, 7) is 13.3. The third kappa shape index (κ3) is 5.60. The van der Waals surface area contributed by atoms with E-state index in [1.54, 1.807) is 0 Å². The quantitative estimate of drug-likeness (QED) is 0.754. The van der Waals surface area contributed by atoms with Crippen LogP contribution in [0.5, 0.6) is 0 Å². The molecule has 0 aliphatic carbocycles. The molecule has 0 aliphatic heterocycles. The average Bonchev–Trinajstić information content (AvgIpc) is 2.51. The third-order valence-electron chi connectivity index (χ3n) is 4.80. The molecule has 0 radical (unpaired) electrons. The maximum atomic E-state index is 13.1. The number of nitrogens with one attached hydrogen (secondary N) is 1. The molecule has 0 heterocycles. The van der Waals surface area contributed by atoms with Gasteiger partial charge in [-0.15, -0.1) is 0 Å². The SMILES string of the molecule is CCN(CC)C(C(=O)NC(C)C(C)(C)CN(C)C)c1ccccc1. The lowest BCUT2D eigenvalue weighted by Gasteiger charge is -2.37. The molecule has 0 fully saturated rings. The van der Waals surface area contributed by atoms with Gasteiger partial charge in [-0.05, 0) is 45.1 Å². The fourth-order valence-electron chi connectivity index (χ4n) is 3.19. The first-order valence-corrected chi connectivity index (χ1v) is 8.97. The van der Waals surface area contributed by atoms with Gasteiger partial charge < -0.3 is 10.2 Å². The largest absolute Gasteiger partial charge is 0.351 e. The summed E-state index contributed by atoms with van der Waals surface area (Å²) < 4.78 is 0. The molecule has 0 spiro atoms. The van der Waals surface area contributed by atoms with E-state index in [1.807, 2.05) is 30.3 Å². The Labute approximate surface area is 148 Å². The van der Waals surface area contributed by atoms with E-state index in [-0.39, 0.29) is 23.4 Å². The van der Waals surface area contributed by atoms with Crippen molar-refractivity contribution >= 4 is 5.91 Å². The number of nitrogens with zero attached hydrogens (tertiary/aromatic N) is 2.